The van der Waals surface area contributed by atoms with Crippen molar-refractivity contribution in [3.63, 3.8) is 0 Å². The molecule has 5 heteroatoms. The quantitative estimate of drug-likeness (QED) is 0.474. The monoisotopic (exact) mass is 370 g/mol. The number of fused-ring (bicyclic) bond motifs is 1. The standard InChI is InChI=1S/C23H22N4O/c1-15(2)17-7-9-20(10-8-17)26-22-23-25-14-21(27(23)12-11-24-22)19-6-4-5-18(13-19)16(3)28/h4-15H,1-3H3,(H,24,26). The zero-order chi connectivity index (χ0) is 19.7. The zero-order valence-corrected chi connectivity index (χ0v) is 16.2. The van der Waals surface area contributed by atoms with Crippen molar-refractivity contribution >= 4 is 22.9 Å². The van der Waals surface area contributed by atoms with Gasteiger partial charge in [-0.2, -0.15) is 0 Å². The fraction of sp³-hybridized carbons (Fsp3) is 0.174. The van der Waals surface area contributed by atoms with Gasteiger partial charge in [0.25, 0.3) is 0 Å². The summed E-state index contributed by atoms with van der Waals surface area (Å²) in [6.07, 6.45) is 5.44. The summed E-state index contributed by atoms with van der Waals surface area (Å²) in [6, 6.07) is 15.9. The number of hydrogen-bond donors (Lipinski definition) is 1. The van der Waals surface area contributed by atoms with Crippen LogP contribution in [-0.4, -0.2) is 20.2 Å². The van der Waals surface area contributed by atoms with Gasteiger partial charge in [-0.05, 0) is 36.6 Å². The molecule has 2 aromatic carbocycles. The highest BCUT2D eigenvalue weighted by Gasteiger charge is 2.12. The molecule has 1 N–H and O–H groups in total. The first kappa shape index (κ1) is 17.9. The number of aromatic nitrogens is 3. The molecule has 4 rings (SSSR count). The Bertz CT molecular complexity index is 1140. The lowest BCUT2D eigenvalue weighted by molar-refractivity contribution is 0.101. The Labute approximate surface area is 164 Å². The Kier molecular flexibility index (Phi) is 4.65. The number of nitrogens with zero attached hydrogens (tertiary/aromatic N) is 3. The molecule has 0 aliphatic carbocycles. The highest BCUT2D eigenvalue weighted by Crippen LogP contribution is 2.26. The van der Waals surface area contributed by atoms with Crippen molar-refractivity contribution in [1.29, 1.82) is 0 Å². The van der Waals surface area contributed by atoms with Crippen molar-refractivity contribution in [3.05, 3.63) is 78.2 Å². The van der Waals surface area contributed by atoms with Gasteiger partial charge in [-0.15, -0.1) is 0 Å². The summed E-state index contributed by atoms with van der Waals surface area (Å²) in [7, 11) is 0. The van der Waals surface area contributed by atoms with E-state index in [2.05, 4.69) is 53.4 Å². The van der Waals surface area contributed by atoms with Crippen LogP contribution >= 0.6 is 0 Å². The van der Waals surface area contributed by atoms with Crippen LogP contribution in [0.3, 0.4) is 0 Å². The number of nitrogens with one attached hydrogen (secondary N) is 1. The number of imidazole rings is 1. The molecule has 0 saturated carbocycles. The first-order valence-electron chi connectivity index (χ1n) is 9.33. The molecule has 0 atom stereocenters. The van der Waals surface area contributed by atoms with E-state index in [4.69, 9.17) is 0 Å². The molecule has 28 heavy (non-hydrogen) atoms. The number of ketones is 1. The molecule has 0 fully saturated rings. The van der Waals surface area contributed by atoms with Crippen LogP contribution in [0.25, 0.3) is 16.9 Å². The van der Waals surface area contributed by atoms with Gasteiger partial charge in [-0.3, -0.25) is 9.20 Å². The highest BCUT2D eigenvalue weighted by atomic mass is 16.1. The Morgan fingerprint density at radius 2 is 1.86 bits per heavy atom. The number of hydrogen-bond acceptors (Lipinski definition) is 4. The lowest BCUT2D eigenvalue weighted by Gasteiger charge is -2.10. The summed E-state index contributed by atoms with van der Waals surface area (Å²) in [6.45, 7) is 5.93. The molecule has 0 aliphatic heterocycles. The van der Waals surface area contributed by atoms with Crippen LogP contribution in [0.15, 0.2) is 67.1 Å². The second-order valence-corrected chi connectivity index (χ2v) is 7.15. The second-order valence-electron chi connectivity index (χ2n) is 7.15. The van der Waals surface area contributed by atoms with Crippen LogP contribution in [0, 0.1) is 0 Å². The molecule has 0 radical (unpaired) electrons. The van der Waals surface area contributed by atoms with Gasteiger partial charge in [0.15, 0.2) is 17.2 Å². The Morgan fingerprint density at radius 3 is 2.57 bits per heavy atom. The van der Waals surface area contributed by atoms with Crippen molar-refractivity contribution in [3.8, 4) is 11.3 Å². The van der Waals surface area contributed by atoms with Crippen molar-refractivity contribution in [1.82, 2.24) is 14.4 Å². The molecule has 140 valence electrons. The van der Waals surface area contributed by atoms with Crippen molar-refractivity contribution in [2.45, 2.75) is 26.7 Å². The van der Waals surface area contributed by atoms with E-state index in [1.165, 1.54) is 5.56 Å². The number of carbonyl (C=O) groups is 1. The van der Waals surface area contributed by atoms with Gasteiger partial charge < -0.3 is 5.32 Å². The van der Waals surface area contributed by atoms with E-state index >= 15 is 0 Å². The Balaban J connectivity index is 1.71. The van der Waals surface area contributed by atoms with Gasteiger partial charge in [-0.25, -0.2) is 9.97 Å². The fourth-order valence-electron chi connectivity index (χ4n) is 3.21. The van der Waals surface area contributed by atoms with E-state index in [1.807, 2.05) is 41.1 Å². The van der Waals surface area contributed by atoms with Crippen LogP contribution in [0.4, 0.5) is 11.5 Å². The normalized spacial score (nSPS) is 11.1. The van der Waals surface area contributed by atoms with E-state index < -0.39 is 0 Å². The van der Waals surface area contributed by atoms with Gasteiger partial charge in [0, 0.05) is 29.2 Å². The summed E-state index contributed by atoms with van der Waals surface area (Å²) in [5.41, 5.74) is 5.54. The Hall–Kier alpha value is -3.47. The number of rotatable bonds is 5. The maximum Gasteiger partial charge on any atom is 0.180 e. The number of anilines is 2. The lowest BCUT2D eigenvalue weighted by Crippen LogP contribution is -1.99. The second kappa shape index (κ2) is 7.27. The van der Waals surface area contributed by atoms with Gasteiger partial charge in [0.1, 0.15) is 0 Å². The molecule has 0 amide bonds. The Morgan fingerprint density at radius 1 is 1.07 bits per heavy atom. The minimum absolute atomic E-state index is 0.0459. The summed E-state index contributed by atoms with van der Waals surface area (Å²) in [5, 5.41) is 3.36. The number of benzene rings is 2. The molecule has 2 aromatic heterocycles. The van der Waals surface area contributed by atoms with Crippen molar-refractivity contribution < 1.29 is 4.79 Å². The maximum atomic E-state index is 11.7. The molecule has 0 spiro atoms. The highest BCUT2D eigenvalue weighted by molar-refractivity contribution is 5.95. The van der Waals surface area contributed by atoms with Crippen molar-refractivity contribution in [2.75, 3.05) is 5.32 Å². The van der Waals surface area contributed by atoms with Gasteiger partial charge in [-0.1, -0.05) is 44.2 Å². The summed E-state index contributed by atoms with van der Waals surface area (Å²) in [4.78, 5) is 20.7. The SMILES string of the molecule is CC(=O)c1cccc(-c2cnc3c(Nc4ccc(C(C)C)cc4)nccn23)c1. The van der Waals surface area contributed by atoms with Crippen molar-refractivity contribution in [2.24, 2.45) is 0 Å². The van der Waals surface area contributed by atoms with E-state index in [0.717, 1.165) is 22.6 Å². The van der Waals surface area contributed by atoms with E-state index in [1.54, 1.807) is 13.1 Å². The molecule has 5 nitrogen and oxygen atoms in total. The van der Waals surface area contributed by atoms with Crippen LogP contribution in [0.5, 0.6) is 0 Å². The van der Waals surface area contributed by atoms with Gasteiger partial charge >= 0.3 is 0 Å². The topological polar surface area (TPSA) is 59.3 Å². The minimum atomic E-state index is 0.0459. The predicted octanol–water partition coefficient (Wildman–Crippen LogP) is 5.47. The average Bonchev–Trinajstić information content (AvgIpc) is 3.14. The smallest absolute Gasteiger partial charge is 0.180 e. The zero-order valence-electron chi connectivity index (χ0n) is 16.2. The average molecular weight is 370 g/mol. The maximum absolute atomic E-state index is 11.7. The van der Waals surface area contributed by atoms with E-state index in [-0.39, 0.29) is 5.78 Å². The van der Waals surface area contributed by atoms with Crippen LogP contribution < -0.4 is 5.32 Å². The third-order valence-corrected chi connectivity index (χ3v) is 4.83. The minimum Gasteiger partial charge on any atom is -0.337 e. The molecule has 0 unspecified atom stereocenters. The number of Topliss-reactive ketones (excluding diaryl/α,β-unsaturated/α-hetero) is 1. The van der Waals surface area contributed by atoms with E-state index in [9.17, 15) is 4.79 Å². The van der Waals surface area contributed by atoms with Gasteiger partial charge in [0.2, 0.25) is 0 Å². The first-order chi connectivity index (χ1) is 13.5. The lowest BCUT2D eigenvalue weighted by atomic mass is 10.0. The molecular formula is C23H22N4O. The summed E-state index contributed by atoms with van der Waals surface area (Å²) < 4.78 is 1.98. The third kappa shape index (κ3) is 3.39. The van der Waals surface area contributed by atoms with Crippen LogP contribution in [0.1, 0.15) is 42.6 Å². The molecule has 0 aliphatic rings. The fourth-order valence-corrected chi connectivity index (χ4v) is 3.21. The van der Waals surface area contributed by atoms with Crippen LogP contribution in [0.2, 0.25) is 0 Å². The molecule has 0 bridgehead atoms. The summed E-state index contributed by atoms with van der Waals surface area (Å²) in [5.74, 6) is 1.23. The van der Waals surface area contributed by atoms with Gasteiger partial charge in [0.05, 0.1) is 11.9 Å². The molecule has 2 heterocycles. The molecule has 4 aromatic rings. The largest absolute Gasteiger partial charge is 0.337 e. The van der Waals surface area contributed by atoms with E-state index in [0.29, 0.717) is 17.3 Å². The summed E-state index contributed by atoms with van der Waals surface area (Å²) >= 11 is 0. The number of carbonyl (C=O) groups excluding carboxylic acids is 1. The van der Waals surface area contributed by atoms with Crippen LogP contribution in [-0.2, 0) is 0 Å². The first-order valence-corrected chi connectivity index (χ1v) is 9.33. The predicted molar refractivity (Wildman–Crippen MR) is 112 cm³/mol. The molecule has 0 saturated heterocycles. The molecular weight excluding hydrogens is 348 g/mol. The third-order valence-electron chi connectivity index (χ3n) is 4.83.